The standard InChI is InChI=1S/C9H10N3O2/c1-14-6-12(13)9-10-7-4-2-3-5-8(7)11-9/h2-5H,6H2,1H3,(H,10,11)/q+1. The quantitative estimate of drug-likeness (QED) is 0.593. The van der Waals surface area contributed by atoms with Gasteiger partial charge in [0.2, 0.25) is 6.73 Å². The minimum atomic E-state index is -0.0280. The van der Waals surface area contributed by atoms with E-state index in [9.17, 15) is 4.91 Å². The number of aromatic amines is 1. The summed E-state index contributed by atoms with van der Waals surface area (Å²) in [6.45, 7) is -0.0280. The Bertz CT molecular complexity index is 431. The lowest BCUT2D eigenvalue weighted by Gasteiger charge is -1.89. The number of rotatable bonds is 3. The number of ether oxygens (including phenoxy) is 1. The number of nitroso groups, excluding NO2 is 1. The first-order valence-corrected chi connectivity index (χ1v) is 4.19. The van der Waals surface area contributed by atoms with Gasteiger partial charge in [0.1, 0.15) is 5.52 Å². The minimum absolute atomic E-state index is 0.0280. The molecule has 0 unspecified atom stereocenters. The van der Waals surface area contributed by atoms with E-state index in [2.05, 4.69) is 9.97 Å². The van der Waals surface area contributed by atoms with Crippen molar-refractivity contribution in [1.82, 2.24) is 9.97 Å². The number of nitrogens with one attached hydrogen (secondary N) is 1. The topological polar surface area (TPSA) is 58.0 Å². The molecule has 0 aliphatic heterocycles. The number of methoxy groups -OCH3 is 1. The van der Waals surface area contributed by atoms with E-state index in [-0.39, 0.29) is 12.7 Å². The summed E-state index contributed by atoms with van der Waals surface area (Å²) in [4.78, 5) is 18.3. The second-order valence-corrected chi connectivity index (χ2v) is 2.87. The van der Waals surface area contributed by atoms with Crippen LogP contribution in [0.4, 0.5) is 5.95 Å². The zero-order valence-corrected chi connectivity index (χ0v) is 7.73. The second kappa shape index (κ2) is 3.55. The Hall–Kier alpha value is -1.75. The molecule has 2 rings (SSSR count). The molecule has 0 bridgehead atoms. The van der Waals surface area contributed by atoms with Crippen molar-refractivity contribution < 1.29 is 9.50 Å². The third kappa shape index (κ3) is 1.49. The maximum atomic E-state index is 11.3. The average molecular weight is 192 g/mol. The van der Waals surface area contributed by atoms with Crippen molar-refractivity contribution in [2.75, 3.05) is 13.8 Å². The summed E-state index contributed by atoms with van der Waals surface area (Å²) >= 11 is 0. The fourth-order valence-corrected chi connectivity index (χ4v) is 1.24. The van der Waals surface area contributed by atoms with Crippen molar-refractivity contribution in [3.63, 3.8) is 0 Å². The van der Waals surface area contributed by atoms with Gasteiger partial charge in [0.25, 0.3) is 0 Å². The first kappa shape index (κ1) is 8.83. The maximum absolute atomic E-state index is 11.3. The van der Waals surface area contributed by atoms with Crippen molar-refractivity contribution >= 4 is 17.0 Å². The molecule has 0 fully saturated rings. The van der Waals surface area contributed by atoms with E-state index in [0.717, 1.165) is 11.0 Å². The fraction of sp³-hybridized carbons (Fsp3) is 0.222. The van der Waals surface area contributed by atoms with Crippen LogP contribution in [0.25, 0.3) is 11.0 Å². The van der Waals surface area contributed by atoms with E-state index in [4.69, 9.17) is 4.74 Å². The predicted molar refractivity (Wildman–Crippen MR) is 51.3 cm³/mol. The van der Waals surface area contributed by atoms with Gasteiger partial charge in [-0.2, -0.15) is 0 Å². The van der Waals surface area contributed by atoms with E-state index in [0.29, 0.717) is 4.76 Å². The lowest BCUT2D eigenvalue weighted by molar-refractivity contribution is -0.514. The van der Waals surface area contributed by atoms with E-state index in [1.807, 2.05) is 24.3 Å². The van der Waals surface area contributed by atoms with Gasteiger partial charge < -0.3 is 4.74 Å². The number of hydrogen-bond donors (Lipinski definition) is 1. The Morgan fingerprint density at radius 3 is 3.00 bits per heavy atom. The molecule has 72 valence electrons. The SMILES string of the molecule is COC[N+](=O)c1nc2ccccc2[nH]1. The van der Waals surface area contributed by atoms with Crippen LogP contribution in [0.3, 0.4) is 0 Å². The van der Waals surface area contributed by atoms with Crippen molar-refractivity contribution in [1.29, 1.82) is 0 Å². The highest BCUT2D eigenvalue weighted by Crippen LogP contribution is 2.14. The monoisotopic (exact) mass is 192 g/mol. The van der Waals surface area contributed by atoms with Gasteiger partial charge in [-0.05, 0) is 16.9 Å². The van der Waals surface area contributed by atoms with Gasteiger partial charge in [0.05, 0.1) is 0 Å². The van der Waals surface area contributed by atoms with Crippen molar-refractivity contribution in [2.45, 2.75) is 0 Å². The van der Waals surface area contributed by atoms with Gasteiger partial charge in [-0.1, -0.05) is 22.0 Å². The molecule has 2 aromatic rings. The van der Waals surface area contributed by atoms with Crippen LogP contribution >= 0.6 is 0 Å². The van der Waals surface area contributed by atoms with E-state index in [1.54, 1.807) is 0 Å². The number of hydrogen-bond acceptors (Lipinski definition) is 3. The van der Waals surface area contributed by atoms with Crippen LogP contribution in [-0.4, -0.2) is 28.6 Å². The van der Waals surface area contributed by atoms with E-state index < -0.39 is 0 Å². The van der Waals surface area contributed by atoms with Crippen LogP contribution < -0.4 is 0 Å². The smallest absolute Gasteiger partial charge is 0.348 e. The zero-order valence-electron chi connectivity index (χ0n) is 7.73. The van der Waals surface area contributed by atoms with E-state index >= 15 is 0 Å². The number of aromatic nitrogens is 2. The third-order valence-corrected chi connectivity index (χ3v) is 1.86. The molecule has 14 heavy (non-hydrogen) atoms. The normalized spacial score (nSPS) is 10.6. The van der Waals surface area contributed by atoms with Crippen molar-refractivity contribution in [2.24, 2.45) is 0 Å². The predicted octanol–water partition coefficient (Wildman–Crippen LogP) is 1.58. The van der Waals surface area contributed by atoms with Gasteiger partial charge in [-0.15, -0.1) is 0 Å². The van der Waals surface area contributed by atoms with Crippen LogP contribution in [0.2, 0.25) is 0 Å². The highest BCUT2D eigenvalue weighted by molar-refractivity contribution is 5.75. The summed E-state index contributed by atoms with van der Waals surface area (Å²) in [5, 5.41) is 0. The lowest BCUT2D eigenvalue weighted by atomic mass is 10.3. The molecule has 0 atom stereocenters. The maximum Gasteiger partial charge on any atom is 0.435 e. The molecule has 0 aliphatic carbocycles. The summed E-state index contributed by atoms with van der Waals surface area (Å²) in [6.07, 6.45) is 0. The Balaban J connectivity index is 2.40. The van der Waals surface area contributed by atoms with Crippen LogP contribution in [-0.2, 0) is 4.74 Å². The molecule has 1 aromatic carbocycles. The minimum Gasteiger partial charge on any atom is -0.348 e. The van der Waals surface area contributed by atoms with Gasteiger partial charge in [0.15, 0.2) is 5.52 Å². The molecule has 5 nitrogen and oxygen atoms in total. The van der Waals surface area contributed by atoms with Crippen LogP contribution in [0.5, 0.6) is 0 Å². The average Bonchev–Trinajstić information content (AvgIpc) is 2.61. The van der Waals surface area contributed by atoms with Crippen molar-refractivity contribution in [3.05, 3.63) is 29.2 Å². The molecule has 0 radical (unpaired) electrons. The van der Waals surface area contributed by atoms with Gasteiger partial charge in [0, 0.05) is 7.11 Å². The van der Waals surface area contributed by atoms with Gasteiger partial charge >= 0.3 is 5.95 Å². The van der Waals surface area contributed by atoms with Crippen molar-refractivity contribution in [3.8, 4) is 0 Å². The number of fused-ring (bicyclic) bond motifs is 1. The summed E-state index contributed by atoms with van der Waals surface area (Å²) in [6, 6.07) is 7.47. The molecular formula is C9H10N3O2+. The van der Waals surface area contributed by atoms with Gasteiger partial charge in [-0.3, -0.25) is 0 Å². The van der Waals surface area contributed by atoms with Crippen LogP contribution in [0, 0.1) is 4.91 Å². The fourth-order valence-electron chi connectivity index (χ4n) is 1.24. The summed E-state index contributed by atoms with van der Waals surface area (Å²) in [5.41, 5.74) is 1.62. The molecular weight excluding hydrogens is 182 g/mol. The molecule has 1 heterocycles. The van der Waals surface area contributed by atoms with Crippen LogP contribution in [0.15, 0.2) is 24.3 Å². The molecule has 0 spiro atoms. The highest BCUT2D eigenvalue weighted by atomic mass is 16.5. The molecule has 0 saturated heterocycles. The Kier molecular flexibility index (Phi) is 2.24. The molecule has 5 heteroatoms. The van der Waals surface area contributed by atoms with Crippen LogP contribution in [0.1, 0.15) is 0 Å². The molecule has 0 amide bonds. The van der Waals surface area contributed by atoms with Gasteiger partial charge in [-0.25, -0.2) is 4.98 Å². The number of imidazole rings is 1. The Morgan fingerprint density at radius 1 is 1.50 bits per heavy atom. The summed E-state index contributed by atoms with van der Waals surface area (Å²) in [5.74, 6) is 0.271. The number of H-pyrrole nitrogens is 1. The number of para-hydroxylation sites is 2. The summed E-state index contributed by atoms with van der Waals surface area (Å²) < 4.78 is 5.37. The highest BCUT2D eigenvalue weighted by Gasteiger charge is 2.16. The Labute approximate surface area is 80.3 Å². The Morgan fingerprint density at radius 2 is 2.29 bits per heavy atom. The first-order chi connectivity index (χ1) is 6.81. The third-order valence-electron chi connectivity index (χ3n) is 1.86. The number of nitrogens with zero attached hydrogens (tertiary/aromatic N) is 2. The molecule has 1 aromatic heterocycles. The second-order valence-electron chi connectivity index (χ2n) is 2.87. The molecule has 1 N–H and O–H groups in total. The van der Waals surface area contributed by atoms with E-state index in [1.165, 1.54) is 7.11 Å². The largest absolute Gasteiger partial charge is 0.435 e. The summed E-state index contributed by atoms with van der Waals surface area (Å²) in [7, 11) is 1.47. The number of benzene rings is 1. The molecule has 0 aliphatic rings. The first-order valence-electron chi connectivity index (χ1n) is 4.19. The zero-order chi connectivity index (χ0) is 9.97. The lowest BCUT2D eigenvalue weighted by Crippen LogP contribution is -2.05. The molecule has 0 saturated carbocycles.